The van der Waals surface area contributed by atoms with Gasteiger partial charge in [0.25, 0.3) is 0 Å². The predicted octanol–water partition coefficient (Wildman–Crippen LogP) is 6.12. The fourth-order valence-corrected chi connectivity index (χ4v) is 5.22. The zero-order chi connectivity index (χ0) is 26.8. The van der Waals surface area contributed by atoms with E-state index in [-0.39, 0.29) is 23.0 Å². The van der Waals surface area contributed by atoms with E-state index in [0.29, 0.717) is 0 Å². The number of thiazole rings is 1. The van der Waals surface area contributed by atoms with Gasteiger partial charge < -0.3 is 32.4 Å². The van der Waals surface area contributed by atoms with Crippen LogP contribution >= 0.6 is 11.3 Å². The highest BCUT2D eigenvalue weighted by molar-refractivity contribution is 7.09. The van der Waals surface area contributed by atoms with Crippen molar-refractivity contribution in [3.8, 4) is 5.75 Å². The molecule has 1 aromatic heterocycles. The molecule has 1 heterocycles. The molecule has 0 fully saturated rings. The summed E-state index contributed by atoms with van der Waals surface area (Å²) in [5, 5.41) is 9.22. The third kappa shape index (κ3) is 13.0. The molecule has 0 bridgehead atoms. The molecule has 3 aromatic rings. The lowest BCUT2D eigenvalue weighted by molar-refractivity contribution is -0.689. The van der Waals surface area contributed by atoms with Gasteiger partial charge in [-0.25, -0.2) is 4.79 Å². The molecule has 39 heavy (non-hydrogen) atoms. The van der Waals surface area contributed by atoms with Crippen LogP contribution < -0.4 is 36.9 Å². The summed E-state index contributed by atoms with van der Waals surface area (Å²) in [5.41, 5.74) is 2.61. The topological polar surface area (TPSA) is 54.2 Å². The number of amides is 2. The molecule has 2 aromatic carbocycles. The summed E-state index contributed by atoms with van der Waals surface area (Å²) in [6.45, 7) is 5.83. The third-order valence-electron chi connectivity index (χ3n) is 6.87. The second-order valence-electron chi connectivity index (χ2n) is 10.0. The van der Waals surface area contributed by atoms with Crippen LogP contribution in [-0.4, -0.2) is 12.6 Å². The van der Waals surface area contributed by atoms with Crippen molar-refractivity contribution in [2.45, 2.75) is 97.4 Å². The number of halogens is 1. The molecule has 0 atom stereocenters. The number of rotatable bonds is 18. The number of anilines is 2. The Kier molecular flexibility index (Phi) is 16.5. The van der Waals surface area contributed by atoms with Crippen molar-refractivity contribution in [3.05, 3.63) is 70.7 Å². The molecule has 0 aliphatic rings. The van der Waals surface area contributed by atoms with Crippen molar-refractivity contribution >= 4 is 28.7 Å². The first-order valence-corrected chi connectivity index (χ1v) is 15.4. The number of nitrogens with zero attached hydrogens (tertiary/aromatic N) is 1. The SMILES string of the molecule is CCCCCCCCCCCCCCOc1ccc(NC(=O)Nc2ccccc2C[n+]2ccsc2C)cc1.[Br-]. The van der Waals surface area contributed by atoms with Crippen molar-refractivity contribution in [3.63, 3.8) is 0 Å². The van der Waals surface area contributed by atoms with Crippen molar-refractivity contribution in [1.29, 1.82) is 0 Å². The van der Waals surface area contributed by atoms with Crippen LogP contribution in [0.25, 0.3) is 0 Å². The first-order valence-electron chi connectivity index (χ1n) is 14.5. The molecular formula is C32H46BrN3O2S. The van der Waals surface area contributed by atoms with Crippen LogP contribution in [0.15, 0.2) is 60.1 Å². The van der Waals surface area contributed by atoms with Gasteiger partial charge in [0, 0.05) is 18.2 Å². The number of aryl methyl sites for hydroxylation is 1. The Morgan fingerprint density at radius 1 is 0.821 bits per heavy atom. The van der Waals surface area contributed by atoms with Gasteiger partial charge in [-0.2, -0.15) is 4.57 Å². The Labute approximate surface area is 250 Å². The lowest BCUT2D eigenvalue weighted by Crippen LogP contribution is -3.00. The number of unbranched alkanes of at least 4 members (excludes halogenated alkanes) is 11. The van der Waals surface area contributed by atoms with E-state index in [1.54, 1.807) is 11.3 Å². The molecule has 0 saturated heterocycles. The van der Waals surface area contributed by atoms with Gasteiger partial charge in [-0.15, -0.1) is 0 Å². The van der Waals surface area contributed by atoms with Gasteiger partial charge in [0.2, 0.25) is 5.01 Å². The zero-order valence-electron chi connectivity index (χ0n) is 23.7. The van der Waals surface area contributed by atoms with Gasteiger partial charge in [-0.1, -0.05) is 107 Å². The molecular weight excluding hydrogens is 570 g/mol. The van der Waals surface area contributed by atoms with Crippen LogP contribution in [0.1, 0.15) is 94.5 Å². The molecule has 0 aliphatic heterocycles. The maximum atomic E-state index is 12.6. The van der Waals surface area contributed by atoms with Gasteiger partial charge in [-0.05, 0) is 36.8 Å². The third-order valence-corrected chi connectivity index (χ3v) is 7.70. The van der Waals surface area contributed by atoms with Gasteiger partial charge >= 0.3 is 6.03 Å². The minimum atomic E-state index is -0.255. The molecule has 0 unspecified atom stereocenters. The number of hydrogen-bond donors (Lipinski definition) is 2. The molecule has 214 valence electrons. The molecule has 3 rings (SSSR count). The lowest BCUT2D eigenvalue weighted by atomic mass is 10.1. The standard InChI is InChI=1S/C32H45N3O2S.BrH/c1-3-4-5-6-7-8-9-10-11-12-13-16-24-37-30-21-19-29(20-22-30)33-32(36)34-31-18-15-14-17-28(31)26-35-23-25-38-27(35)2;/h14-15,17-23,25H,3-13,16,24,26H2,1-2H3,(H-,33,34,36);1H. The number of ether oxygens (including phenoxy) is 1. The first kappa shape index (κ1) is 32.8. The Hall–Kier alpha value is -2.38. The Bertz CT molecular complexity index is 1070. The second-order valence-corrected chi connectivity index (χ2v) is 11.1. The summed E-state index contributed by atoms with van der Waals surface area (Å²) in [4.78, 5) is 12.6. The minimum Gasteiger partial charge on any atom is -1.00 e. The molecule has 5 nitrogen and oxygen atoms in total. The maximum Gasteiger partial charge on any atom is 0.323 e. The van der Waals surface area contributed by atoms with Crippen LogP contribution in [0, 0.1) is 6.92 Å². The Morgan fingerprint density at radius 2 is 1.44 bits per heavy atom. The lowest BCUT2D eigenvalue weighted by Gasteiger charge is -2.11. The molecule has 2 amide bonds. The fourth-order valence-electron chi connectivity index (χ4n) is 4.55. The van der Waals surface area contributed by atoms with E-state index in [2.05, 4.69) is 40.6 Å². The highest BCUT2D eigenvalue weighted by atomic mass is 79.9. The highest BCUT2D eigenvalue weighted by Crippen LogP contribution is 2.19. The van der Waals surface area contributed by atoms with Crippen LogP contribution in [-0.2, 0) is 6.54 Å². The molecule has 7 heteroatoms. The first-order chi connectivity index (χ1) is 18.7. The van der Waals surface area contributed by atoms with Crippen LogP contribution in [0.2, 0.25) is 0 Å². The number of hydrogen-bond acceptors (Lipinski definition) is 3. The Balaban J connectivity index is 0.00000533. The predicted molar refractivity (Wildman–Crippen MR) is 160 cm³/mol. The summed E-state index contributed by atoms with van der Waals surface area (Å²) in [6.07, 6.45) is 18.1. The van der Waals surface area contributed by atoms with E-state index >= 15 is 0 Å². The number of carbonyl (C=O) groups excluding carboxylic acids is 1. The second kappa shape index (κ2) is 19.6. The quantitative estimate of drug-likeness (QED) is 0.134. The Morgan fingerprint density at radius 3 is 2.05 bits per heavy atom. The largest absolute Gasteiger partial charge is 1.00 e. The van der Waals surface area contributed by atoms with Crippen molar-refractivity contribution < 1.29 is 31.1 Å². The molecule has 2 N–H and O–H groups in total. The van der Waals surface area contributed by atoms with E-state index < -0.39 is 0 Å². The van der Waals surface area contributed by atoms with Crippen molar-refractivity contribution in [1.82, 2.24) is 0 Å². The number of urea groups is 1. The summed E-state index contributed by atoms with van der Waals surface area (Å²) in [7, 11) is 0. The smallest absolute Gasteiger partial charge is 0.323 e. The van der Waals surface area contributed by atoms with Crippen LogP contribution in [0.3, 0.4) is 0 Å². The summed E-state index contributed by atoms with van der Waals surface area (Å²) >= 11 is 1.71. The molecule has 0 spiro atoms. The highest BCUT2D eigenvalue weighted by Gasteiger charge is 2.13. The summed E-state index contributed by atoms with van der Waals surface area (Å²) in [6, 6.07) is 15.3. The maximum absolute atomic E-state index is 12.6. The molecule has 0 aliphatic carbocycles. The zero-order valence-corrected chi connectivity index (χ0v) is 26.1. The van der Waals surface area contributed by atoms with Crippen molar-refractivity contribution in [2.75, 3.05) is 17.2 Å². The van der Waals surface area contributed by atoms with Gasteiger partial charge in [0.05, 0.1) is 17.7 Å². The van der Waals surface area contributed by atoms with E-state index in [4.69, 9.17) is 4.74 Å². The van der Waals surface area contributed by atoms with E-state index in [1.165, 1.54) is 75.6 Å². The number of para-hydroxylation sites is 1. The average Bonchev–Trinajstić information content (AvgIpc) is 3.33. The van der Waals surface area contributed by atoms with Gasteiger partial charge in [0.15, 0.2) is 12.7 Å². The minimum absolute atomic E-state index is 0. The normalized spacial score (nSPS) is 10.6. The number of carbonyl (C=O) groups is 1. The van der Waals surface area contributed by atoms with Gasteiger partial charge in [0.1, 0.15) is 5.75 Å². The summed E-state index contributed by atoms with van der Waals surface area (Å²) < 4.78 is 8.08. The molecule has 0 saturated carbocycles. The van der Waals surface area contributed by atoms with Crippen LogP contribution in [0.4, 0.5) is 16.2 Å². The fraction of sp³-hybridized carbons (Fsp3) is 0.500. The van der Waals surface area contributed by atoms with Crippen molar-refractivity contribution in [2.24, 2.45) is 0 Å². The van der Waals surface area contributed by atoms with E-state index in [9.17, 15) is 4.79 Å². The number of aromatic nitrogens is 1. The summed E-state index contributed by atoms with van der Waals surface area (Å²) in [5.74, 6) is 0.840. The van der Waals surface area contributed by atoms with Crippen LogP contribution in [0.5, 0.6) is 5.75 Å². The van der Waals surface area contributed by atoms with E-state index in [0.717, 1.165) is 42.3 Å². The number of nitrogens with one attached hydrogen (secondary N) is 2. The number of benzene rings is 2. The van der Waals surface area contributed by atoms with E-state index in [1.807, 2.05) is 48.5 Å². The monoisotopic (exact) mass is 615 g/mol. The van der Waals surface area contributed by atoms with Gasteiger partial charge in [-0.3, -0.25) is 0 Å². The average molecular weight is 617 g/mol. The molecule has 0 radical (unpaired) electrons.